The minimum Gasteiger partial charge on any atom is -0.380 e. The van der Waals surface area contributed by atoms with Gasteiger partial charge in [-0.3, -0.25) is 4.79 Å². The summed E-state index contributed by atoms with van der Waals surface area (Å²) in [6.07, 6.45) is -1.58. The molecule has 4 aromatic rings. The summed E-state index contributed by atoms with van der Waals surface area (Å²) in [4.78, 5) is 28.4. The fourth-order valence-electron chi connectivity index (χ4n) is 4.92. The Morgan fingerprint density at radius 3 is 2.61 bits per heavy atom. The Kier molecular flexibility index (Phi) is 5.11. The van der Waals surface area contributed by atoms with Gasteiger partial charge in [0.05, 0.1) is 41.2 Å². The van der Waals surface area contributed by atoms with Crippen molar-refractivity contribution in [1.29, 1.82) is 0 Å². The first-order valence-electron chi connectivity index (χ1n) is 11.5. The van der Waals surface area contributed by atoms with Crippen molar-refractivity contribution in [2.75, 3.05) is 31.6 Å². The quantitative estimate of drug-likeness (QED) is 0.449. The van der Waals surface area contributed by atoms with Crippen molar-refractivity contribution in [2.24, 2.45) is 5.41 Å². The molecule has 3 aromatic heterocycles. The number of aromatic nitrogens is 5. The van der Waals surface area contributed by atoms with E-state index in [1.165, 1.54) is 23.0 Å². The van der Waals surface area contributed by atoms with Gasteiger partial charge in [0, 0.05) is 18.7 Å². The maximum absolute atomic E-state index is 14.8. The van der Waals surface area contributed by atoms with Gasteiger partial charge in [0.2, 0.25) is 0 Å². The Balaban J connectivity index is 1.41. The van der Waals surface area contributed by atoms with E-state index in [9.17, 15) is 18.0 Å². The molecule has 2 aliphatic heterocycles. The van der Waals surface area contributed by atoms with Crippen LogP contribution in [0.1, 0.15) is 46.7 Å². The van der Waals surface area contributed by atoms with Crippen molar-refractivity contribution in [1.82, 2.24) is 29.5 Å². The number of alkyl halides is 2. The van der Waals surface area contributed by atoms with E-state index in [4.69, 9.17) is 4.74 Å². The third-order valence-electron chi connectivity index (χ3n) is 6.82. The first-order chi connectivity index (χ1) is 17.3. The standard InChI is InChI=1S/C24H22F3N7O2/c1-12(14-4-3-5-15(18(14)25)19(26)27)30-20-16-6-17(23(35)33-7-24(8-33)9-36-10-24)21-28-11-29-34(21)22(16)32-13(2)31-20/h3-6,11-12,19H,7-10H2,1-2H3,(H,30,31,32)/t12-/m1/s1. The molecule has 5 heterocycles. The molecule has 0 saturated carbocycles. The molecular formula is C24H22F3N7O2. The van der Waals surface area contributed by atoms with E-state index < -0.39 is 23.8 Å². The minimum absolute atomic E-state index is 0.0513. The average Bonchev–Trinajstić information content (AvgIpc) is 3.27. The summed E-state index contributed by atoms with van der Waals surface area (Å²) < 4.78 is 48.0. The predicted octanol–water partition coefficient (Wildman–Crippen LogP) is 3.70. The first kappa shape index (κ1) is 22.7. The van der Waals surface area contributed by atoms with Crippen molar-refractivity contribution in [3.05, 3.63) is 58.9 Å². The third-order valence-corrected chi connectivity index (χ3v) is 6.82. The number of nitrogens with one attached hydrogen (secondary N) is 1. The second-order valence-corrected chi connectivity index (χ2v) is 9.48. The highest BCUT2D eigenvalue weighted by Crippen LogP contribution is 2.39. The second kappa shape index (κ2) is 8.12. The molecule has 186 valence electrons. The van der Waals surface area contributed by atoms with Gasteiger partial charge in [-0.2, -0.15) is 9.61 Å². The number of aryl methyl sites for hydroxylation is 1. The van der Waals surface area contributed by atoms with Gasteiger partial charge in [0.15, 0.2) is 11.3 Å². The van der Waals surface area contributed by atoms with Crippen LogP contribution in [-0.4, -0.2) is 61.7 Å². The smallest absolute Gasteiger partial charge is 0.266 e. The van der Waals surface area contributed by atoms with E-state index in [2.05, 4.69) is 25.4 Å². The number of benzene rings is 1. The summed E-state index contributed by atoms with van der Waals surface area (Å²) in [5.74, 6) is -0.429. The number of nitrogens with zero attached hydrogens (tertiary/aromatic N) is 6. The number of carbonyl (C=O) groups excluding carboxylic acids is 1. The molecule has 2 saturated heterocycles. The van der Waals surface area contributed by atoms with Crippen molar-refractivity contribution in [2.45, 2.75) is 26.3 Å². The molecule has 0 aliphatic carbocycles. The zero-order valence-electron chi connectivity index (χ0n) is 19.5. The largest absolute Gasteiger partial charge is 0.380 e. The van der Waals surface area contributed by atoms with Crippen LogP contribution in [0.2, 0.25) is 0 Å². The molecule has 1 spiro atoms. The lowest BCUT2D eigenvalue weighted by atomic mass is 9.78. The Bertz CT molecular complexity index is 1510. The van der Waals surface area contributed by atoms with E-state index in [-0.39, 0.29) is 16.9 Å². The summed E-state index contributed by atoms with van der Waals surface area (Å²) >= 11 is 0. The third kappa shape index (κ3) is 3.47. The fraction of sp³-hybridized carbons (Fsp3) is 0.375. The number of fused-ring (bicyclic) bond motifs is 3. The van der Waals surface area contributed by atoms with Gasteiger partial charge in [-0.25, -0.2) is 28.1 Å². The number of hydrogen-bond donors (Lipinski definition) is 1. The molecule has 2 aliphatic rings. The van der Waals surface area contributed by atoms with Crippen LogP contribution >= 0.6 is 0 Å². The molecule has 1 aromatic carbocycles. The lowest BCUT2D eigenvalue weighted by molar-refractivity contribution is -0.176. The number of ether oxygens (including phenoxy) is 1. The van der Waals surface area contributed by atoms with Gasteiger partial charge in [0.1, 0.15) is 23.8 Å². The van der Waals surface area contributed by atoms with Crippen LogP contribution in [0.4, 0.5) is 19.0 Å². The number of halogens is 3. The Hall–Kier alpha value is -3.80. The van der Waals surface area contributed by atoms with E-state index in [1.807, 2.05) is 0 Å². The van der Waals surface area contributed by atoms with Crippen LogP contribution in [0, 0.1) is 18.2 Å². The summed E-state index contributed by atoms with van der Waals surface area (Å²) in [5, 5.41) is 7.86. The summed E-state index contributed by atoms with van der Waals surface area (Å²) in [6.45, 7) is 5.86. The highest BCUT2D eigenvalue weighted by molar-refractivity contribution is 6.05. The molecule has 0 unspecified atom stereocenters. The maximum Gasteiger partial charge on any atom is 0.266 e. The summed E-state index contributed by atoms with van der Waals surface area (Å²) in [5.41, 5.74) is 0.580. The fourth-order valence-corrected chi connectivity index (χ4v) is 4.92. The van der Waals surface area contributed by atoms with Gasteiger partial charge in [0.25, 0.3) is 12.3 Å². The molecule has 9 nitrogen and oxygen atoms in total. The SMILES string of the molecule is Cc1nc(N[C@H](C)c2cccc(C(F)F)c2F)c2cc(C(=O)N3CC4(COC4)C3)c3ncnn3c2n1. The van der Waals surface area contributed by atoms with Crippen molar-refractivity contribution in [3.8, 4) is 0 Å². The zero-order valence-corrected chi connectivity index (χ0v) is 19.5. The Morgan fingerprint density at radius 2 is 1.92 bits per heavy atom. The summed E-state index contributed by atoms with van der Waals surface area (Å²) in [6, 6.07) is 4.86. The predicted molar refractivity (Wildman–Crippen MR) is 123 cm³/mol. The van der Waals surface area contributed by atoms with Crippen molar-refractivity contribution >= 4 is 28.4 Å². The van der Waals surface area contributed by atoms with Gasteiger partial charge < -0.3 is 15.0 Å². The second-order valence-electron chi connectivity index (χ2n) is 9.48. The zero-order chi connectivity index (χ0) is 25.2. The number of anilines is 1. The molecule has 1 atom stereocenters. The monoisotopic (exact) mass is 497 g/mol. The molecule has 6 rings (SSSR count). The van der Waals surface area contributed by atoms with E-state index in [1.54, 1.807) is 24.8 Å². The minimum atomic E-state index is -2.93. The first-order valence-corrected chi connectivity index (χ1v) is 11.5. The lowest BCUT2D eigenvalue weighted by Gasteiger charge is -2.54. The van der Waals surface area contributed by atoms with Crippen LogP contribution in [0.3, 0.4) is 0 Å². The molecule has 12 heteroatoms. The maximum atomic E-state index is 14.8. The lowest BCUT2D eigenvalue weighted by Crippen LogP contribution is -2.67. The van der Waals surface area contributed by atoms with Crippen LogP contribution in [0.25, 0.3) is 16.7 Å². The van der Waals surface area contributed by atoms with Gasteiger partial charge >= 0.3 is 0 Å². The van der Waals surface area contributed by atoms with Crippen LogP contribution in [-0.2, 0) is 4.74 Å². The van der Waals surface area contributed by atoms with E-state index >= 15 is 0 Å². The number of likely N-dealkylation sites (tertiary alicyclic amines) is 1. The average molecular weight is 497 g/mol. The van der Waals surface area contributed by atoms with Crippen molar-refractivity contribution in [3.63, 3.8) is 0 Å². The molecule has 36 heavy (non-hydrogen) atoms. The Morgan fingerprint density at radius 1 is 1.17 bits per heavy atom. The summed E-state index contributed by atoms with van der Waals surface area (Å²) in [7, 11) is 0. The number of rotatable bonds is 5. The molecule has 0 radical (unpaired) electrons. The number of carbonyl (C=O) groups is 1. The number of amides is 1. The Labute approximate surface area is 203 Å². The van der Waals surface area contributed by atoms with Gasteiger partial charge in [-0.1, -0.05) is 18.2 Å². The molecular weight excluding hydrogens is 475 g/mol. The molecule has 2 fully saturated rings. The topological polar surface area (TPSA) is 97.5 Å². The molecule has 0 bridgehead atoms. The van der Waals surface area contributed by atoms with E-state index in [0.29, 0.717) is 60.2 Å². The van der Waals surface area contributed by atoms with Gasteiger partial charge in [-0.05, 0) is 19.9 Å². The van der Waals surface area contributed by atoms with Crippen LogP contribution in [0.15, 0.2) is 30.6 Å². The molecule has 1 amide bonds. The molecule has 1 N–H and O–H groups in total. The van der Waals surface area contributed by atoms with E-state index in [0.717, 1.165) is 6.07 Å². The van der Waals surface area contributed by atoms with Crippen LogP contribution < -0.4 is 5.32 Å². The normalized spacial score (nSPS) is 17.4. The van der Waals surface area contributed by atoms with Crippen LogP contribution in [0.5, 0.6) is 0 Å². The van der Waals surface area contributed by atoms with Crippen molar-refractivity contribution < 1.29 is 22.7 Å². The number of hydrogen-bond acceptors (Lipinski definition) is 7. The highest BCUT2D eigenvalue weighted by atomic mass is 19.3. The number of pyridine rings is 1. The van der Waals surface area contributed by atoms with Gasteiger partial charge in [-0.15, -0.1) is 0 Å². The highest BCUT2D eigenvalue weighted by Gasteiger charge is 2.51.